The number of rotatable bonds is 6. The molecule has 4 nitrogen and oxygen atoms in total. The Kier molecular flexibility index (Phi) is 10.6. The molecule has 152 valence electrons. The highest BCUT2D eigenvalue weighted by Crippen LogP contribution is 2.38. The largest absolute Gasteiger partial charge is 0.493 e. The molecule has 0 unspecified atom stereocenters. The third-order valence-electron chi connectivity index (χ3n) is 4.16. The minimum absolute atomic E-state index is 0. The maximum absolute atomic E-state index is 14.5. The Bertz CT molecular complexity index is 556. The maximum Gasteiger partial charge on any atom is 0.389 e. The quantitative estimate of drug-likeness (QED) is 0.703. The number of methoxy groups -OCH3 is 2. The van der Waals surface area contributed by atoms with Gasteiger partial charge in [-0.2, -0.15) is 13.2 Å². The summed E-state index contributed by atoms with van der Waals surface area (Å²) in [5, 5.41) is 3.15. The predicted octanol–water partition coefficient (Wildman–Crippen LogP) is 3.98. The van der Waals surface area contributed by atoms with Gasteiger partial charge in [0.1, 0.15) is 5.82 Å². The van der Waals surface area contributed by atoms with E-state index in [0.29, 0.717) is 31.9 Å². The zero-order valence-electron chi connectivity index (χ0n) is 14.6. The second kappa shape index (κ2) is 11.0. The summed E-state index contributed by atoms with van der Waals surface area (Å²) in [7, 11) is 2.80. The summed E-state index contributed by atoms with van der Waals surface area (Å²) in [4.78, 5) is 1.88. The van der Waals surface area contributed by atoms with E-state index in [2.05, 4.69) is 5.32 Å². The van der Waals surface area contributed by atoms with Crippen molar-refractivity contribution >= 4 is 24.8 Å². The van der Waals surface area contributed by atoms with Gasteiger partial charge in [-0.15, -0.1) is 24.8 Å². The highest BCUT2D eigenvalue weighted by atomic mass is 35.5. The molecule has 2 rings (SSSR count). The molecule has 0 spiro atoms. The summed E-state index contributed by atoms with van der Waals surface area (Å²) in [5.74, 6) is -0.0620. The zero-order valence-corrected chi connectivity index (χ0v) is 16.2. The molecule has 0 bridgehead atoms. The van der Waals surface area contributed by atoms with Gasteiger partial charge >= 0.3 is 6.18 Å². The average Bonchev–Trinajstić information content (AvgIpc) is 2.55. The highest BCUT2D eigenvalue weighted by molar-refractivity contribution is 5.85. The second-order valence-electron chi connectivity index (χ2n) is 5.68. The van der Waals surface area contributed by atoms with Crippen molar-refractivity contribution in [2.24, 2.45) is 0 Å². The van der Waals surface area contributed by atoms with Gasteiger partial charge in [-0.05, 0) is 12.5 Å². The van der Waals surface area contributed by atoms with Crippen LogP contribution in [0.1, 0.15) is 24.4 Å². The van der Waals surface area contributed by atoms with Gasteiger partial charge < -0.3 is 14.8 Å². The predicted molar refractivity (Wildman–Crippen MR) is 96.5 cm³/mol. The molecular formula is C16H24Cl2F4N2O2. The number of nitrogens with one attached hydrogen (secondary N) is 1. The molecule has 0 aliphatic carbocycles. The van der Waals surface area contributed by atoms with E-state index in [1.54, 1.807) is 0 Å². The molecule has 0 amide bonds. The SMILES string of the molecule is COc1cc(F)c([C@H](CCC(F)(F)F)N2CCNCC2)cc1OC.Cl.Cl. The van der Waals surface area contributed by atoms with Crippen molar-refractivity contribution in [1.29, 1.82) is 0 Å². The van der Waals surface area contributed by atoms with Crippen LogP contribution in [0.15, 0.2) is 12.1 Å². The smallest absolute Gasteiger partial charge is 0.389 e. The first kappa shape index (κ1) is 25.0. The van der Waals surface area contributed by atoms with E-state index in [9.17, 15) is 17.6 Å². The Morgan fingerprint density at radius 1 is 1.08 bits per heavy atom. The number of halogens is 6. The maximum atomic E-state index is 14.5. The molecule has 26 heavy (non-hydrogen) atoms. The lowest BCUT2D eigenvalue weighted by atomic mass is 9.98. The van der Waals surface area contributed by atoms with Gasteiger partial charge in [-0.25, -0.2) is 4.39 Å². The Morgan fingerprint density at radius 2 is 1.62 bits per heavy atom. The van der Waals surface area contributed by atoms with Crippen LogP contribution in [0.2, 0.25) is 0 Å². The summed E-state index contributed by atoms with van der Waals surface area (Å²) in [5.41, 5.74) is 0.207. The molecule has 0 aromatic heterocycles. The van der Waals surface area contributed by atoms with Gasteiger partial charge in [0.05, 0.1) is 14.2 Å². The molecule has 10 heteroatoms. The number of hydrogen-bond donors (Lipinski definition) is 1. The van der Waals surface area contributed by atoms with Crippen LogP contribution >= 0.6 is 24.8 Å². The number of benzene rings is 1. The normalized spacial score (nSPS) is 16.2. The van der Waals surface area contributed by atoms with E-state index >= 15 is 0 Å². The minimum atomic E-state index is -4.28. The van der Waals surface area contributed by atoms with Crippen LogP contribution in [0.3, 0.4) is 0 Å². The van der Waals surface area contributed by atoms with Gasteiger partial charge in [0.15, 0.2) is 11.5 Å². The molecular weight excluding hydrogens is 399 g/mol. The first-order valence-electron chi connectivity index (χ1n) is 7.78. The van der Waals surface area contributed by atoms with Gasteiger partial charge in [0, 0.05) is 50.3 Å². The van der Waals surface area contributed by atoms with Gasteiger partial charge in [0.2, 0.25) is 0 Å². The van der Waals surface area contributed by atoms with Crippen molar-refractivity contribution in [2.75, 3.05) is 40.4 Å². The Hall–Kier alpha value is -0.960. The third kappa shape index (κ3) is 6.64. The van der Waals surface area contributed by atoms with Crippen LogP contribution in [0.4, 0.5) is 17.6 Å². The topological polar surface area (TPSA) is 33.7 Å². The highest BCUT2D eigenvalue weighted by Gasteiger charge is 2.33. The summed E-state index contributed by atoms with van der Waals surface area (Å²) in [6, 6.07) is 1.95. The first-order valence-corrected chi connectivity index (χ1v) is 7.78. The lowest BCUT2D eigenvalue weighted by molar-refractivity contribution is -0.138. The molecule has 1 aromatic rings. The van der Waals surface area contributed by atoms with Crippen molar-refractivity contribution in [1.82, 2.24) is 10.2 Å². The lowest BCUT2D eigenvalue weighted by Gasteiger charge is -2.35. The number of nitrogens with zero attached hydrogens (tertiary/aromatic N) is 1. The molecule has 1 aliphatic rings. The van der Waals surface area contributed by atoms with E-state index in [1.165, 1.54) is 20.3 Å². The Morgan fingerprint density at radius 3 is 2.12 bits per heavy atom. The fourth-order valence-corrected chi connectivity index (χ4v) is 2.95. The summed E-state index contributed by atoms with van der Waals surface area (Å²) in [6.07, 6.45) is -5.44. The zero-order chi connectivity index (χ0) is 17.7. The van der Waals surface area contributed by atoms with Crippen LogP contribution in [0.25, 0.3) is 0 Å². The minimum Gasteiger partial charge on any atom is -0.493 e. The summed E-state index contributed by atoms with van der Waals surface area (Å²) in [6.45, 7) is 2.46. The fourth-order valence-electron chi connectivity index (χ4n) is 2.95. The molecule has 1 fully saturated rings. The van der Waals surface area contributed by atoms with E-state index in [0.717, 1.165) is 6.07 Å². The first-order chi connectivity index (χ1) is 11.4. The Labute approximate surface area is 163 Å². The van der Waals surface area contributed by atoms with Crippen molar-refractivity contribution in [2.45, 2.75) is 25.1 Å². The van der Waals surface area contributed by atoms with Crippen LogP contribution in [-0.2, 0) is 0 Å². The van der Waals surface area contributed by atoms with Gasteiger partial charge in [-0.1, -0.05) is 0 Å². The van der Waals surface area contributed by atoms with Crippen molar-refractivity contribution in [3.63, 3.8) is 0 Å². The monoisotopic (exact) mass is 422 g/mol. The molecule has 1 atom stereocenters. The Balaban J connectivity index is 0.00000312. The van der Waals surface area contributed by atoms with E-state index in [-0.39, 0.29) is 42.5 Å². The number of ether oxygens (including phenoxy) is 2. The number of hydrogen-bond acceptors (Lipinski definition) is 4. The molecule has 1 heterocycles. The second-order valence-corrected chi connectivity index (χ2v) is 5.68. The fraction of sp³-hybridized carbons (Fsp3) is 0.625. The third-order valence-corrected chi connectivity index (χ3v) is 4.16. The van der Waals surface area contributed by atoms with Crippen LogP contribution in [0, 0.1) is 5.82 Å². The van der Waals surface area contributed by atoms with E-state index in [4.69, 9.17) is 9.47 Å². The molecule has 1 N–H and O–H groups in total. The molecule has 0 radical (unpaired) electrons. The van der Waals surface area contributed by atoms with E-state index in [1.807, 2.05) is 4.90 Å². The van der Waals surface area contributed by atoms with Crippen molar-refractivity contribution in [3.8, 4) is 11.5 Å². The average molecular weight is 423 g/mol. The van der Waals surface area contributed by atoms with Crippen LogP contribution in [-0.4, -0.2) is 51.5 Å². The standard InChI is InChI=1S/C16H22F4N2O2.2ClH/c1-23-14-9-11(12(17)10-15(14)24-2)13(3-4-16(18,19)20)22-7-5-21-6-8-22;;/h9-10,13,21H,3-8H2,1-2H3;2*1H/t13-;;/m0../s1. The van der Waals surface area contributed by atoms with Gasteiger partial charge in [0.25, 0.3) is 0 Å². The summed E-state index contributed by atoms with van der Waals surface area (Å²) < 4.78 is 62.8. The van der Waals surface area contributed by atoms with Crippen molar-refractivity contribution in [3.05, 3.63) is 23.5 Å². The van der Waals surface area contributed by atoms with Crippen LogP contribution in [0.5, 0.6) is 11.5 Å². The molecule has 1 aromatic carbocycles. The number of piperazine rings is 1. The van der Waals surface area contributed by atoms with Gasteiger partial charge in [-0.3, -0.25) is 4.90 Å². The molecule has 1 aliphatic heterocycles. The molecule has 1 saturated heterocycles. The van der Waals surface area contributed by atoms with Crippen LogP contribution < -0.4 is 14.8 Å². The van der Waals surface area contributed by atoms with Crippen molar-refractivity contribution < 1.29 is 27.0 Å². The molecule has 0 saturated carbocycles. The van der Waals surface area contributed by atoms with E-state index < -0.39 is 24.5 Å². The summed E-state index contributed by atoms with van der Waals surface area (Å²) >= 11 is 0. The number of alkyl halides is 3. The lowest BCUT2D eigenvalue weighted by Crippen LogP contribution is -2.45.